The molecule has 3 nitrogen and oxygen atoms in total. The van der Waals surface area contributed by atoms with E-state index in [-0.39, 0.29) is 6.42 Å². The normalized spacial score (nSPS) is 11.0. The summed E-state index contributed by atoms with van der Waals surface area (Å²) in [5.41, 5.74) is 1.12. The lowest BCUT2D eigenvalue weighted by atomic mass is 10.2. The molecule has 4 aromatic rings. The van der Waals surface area contributed by atoms with E-state index < -0.39 is 12.9 Å². The molecule has 0 radical (unpaired) electrons. The Morgan fingerprint density at radius 3 is 1.58 bits per heavy atom. The summed E-state index contributed by atoms with van der Waals surface area (Å²) in [5.74, 6) is 2.37. The summed E-state index contributed by atoms with van der Waals surface area (Å²) >= 11 is 0. The highest BCUT2D eigenvalue weighted by molar-refractivity contribution is 7.94. The van der Waals surface area contributed by atoms with Crippen molar-refractivity contribution in [3.05, 3.63) is 121 Å². The number of carboxylic acids is 1. The fourth-order valence-electron chi connectivity index (χ4n) is 3.95. The molecule has 166 valence electrons. The molecule has 0 aliphatic rings. The number of carboxylic acid groups (broad SMARTS) is 1. The molecule has 0 amide bonds. The fourth-order valence-corrected chi connectivity index (χ4v) is 7.84. The summed E-state index contributed by atoms with van der Waals surface area (Å²) in [5, 5.41) is 12.7. The lowest BCUT2D eigenvalue weighted by molar-refractivity contribution is -0.137. The molecule has 0 aromatic heterocycles. The van der Waals surface area contributed by atoms with Gasteiger partial charge < -0.3 is 9.84 Å². The molecule has 0 aliphatic carbocycles. The van der Waals surface area contributed by atoms with Crippen molar-refractivity contribution in [2.24, 2.45) is 0 Å². The summed E-state index contributed by atoms with van der Waals surface area (Å²) in [7, 11) is 0. The van der Waals surface area contributed by atoms with Gasteiger partial charge in [0.25, 0.3) is 0 Å². The Bertz CT molecular complexity index is 1110. The lowest BCUT2D eigenvalue weighted by Gasteiger charge is -2.29. The summed E-state index contributed by atoms with van der Waals surface area (Å²) < 4.78 is 5.73. The van der Waals surface area contributed by atoms with E-state index in [4.69, 9.17) is 9.84 Å². The van der Waals surface area contributed by atoms with Crippen LogP contribution in [0.4, 0.5) is 0 Å². The fraction of sp³-hybridized carbons (Fsp3) is 0.103. The van der Waals surface area contributed by atoms with E-state index in [0.29, 0.717) is 13.0 Å². The highest BCUT2D eigenvalue weighted by atomic mass is 31.2. The van der Waals surface area contributed by atoms with E-state index in [1.54, 1.807) is 0 Å². The first kappa shape index (κ1) is 22.6. The quantitative estimate of drug-likeness (QED) is 0.284. The van der Waals surface area contributed by atoms with E-state index in [9.17, 15) is 4.79 Å². The van der Waals surface area contributed by atoms with Crippen LogP contribution in [0.15, 0.2) is 115 Å². The van der Waals surface area contributed by atoms with Gasteiger partial charge in [-0.1, -0.05) is 103 Å². The molecule has 0 bridgehead atoms. The van der Waals surface area contributed by atoms with E-state index in [0.717, 1.165) is 11.3 Å². The van der Waals surface area contributed by atoms with Crippen LogP contribution in [0.3, 0.4) is 0 Å². The molecule has 0 saturated heterocycles. The molecule has 0 heterocycles. The number of ether oxygens (including phenoxy) is 1. The number of hydrogen-bond acceptors (Lipinski definition) is 2. The maximum atomic E-state index is 10.7. The van der Waals surface area contributed by atoms with Crippen molar-refractivity contribution in [2.45, 2.75) is 12.8 Å². The molecular weight excluding hydrogens is 427 g/mol. The van der Waals surface area contributed by atoms with Crippen LogP contribution in [0.2, 0.25) is 0 Å². The summed E-state index contributed by atoms with van der Waals surface area (Å²) in [6.07, 6.45) is 0.609. The summed E-state index contributed by atoms with van der Waals surface area (Å²) in [6, 6.07) is 40.3. The number of benzene rings is 4. The van der Waals surface area contributed by atoms with Crippen LogP contribution in [0, 0.1) is 0 Å². The van der Waals surface area contributed by atoms with Crippen molar-refractivity contribution in [3.63, 3.8) is 0 Å². The molecule has 33 heavy (non-hydrogen) atoms. The minimum absolute atomic E-state index is 0.115. The van der Waals surface area contributed by atoms with Gasteiger partial charge in [-0.2, -0.15) is 0 Å². The minimum atomic E-state index is -2.06. The van der Waals surface area contributed by atoms with Crippen LogP contribution < -0.4 is 20.7 Å². The molecule has 0 fully saturated rings. The second kappa shape index (κ2) is 10.8. The molecule has 0 unspecified atom stereocenters. The van der Waals surface area contributed by atoms with Crippen molar-refractivity contribution < 1.29 is 14.6 Å². The molecule has 4 aromatic carbocycles. The first-order valence-electron chi connectivity index (χ1n) is 11.0. The first-order chi connectivity index (χ1) is 16.2. The zero-order valence-electron chi connectivity index (χ0n) is 18.4. The third kappa shape index (κ3) is 5.45. The highest BCUT2D eigenvalue weighted by Crippen LogP contribution is 2.44. The van der Waals surface area contributed by atoms with Crippen molar-refractivity contribution in [2.75, 3.05) is 6.61 Å². The van der Waals surface area contributed by atoms with Crippen LogP contribution in [0.1, 0.15) is 18.4 Å². The van der Waals surface area contributed by atoms with Gasteiger partial charge in [0.2, 0.25) is 0 Å². The Labute approximate surface area is 195 Å². The zero-order chi connectivity index (χ0) is 22.9. The van der Waals surface area contributed by atoms with Crippen LogP contribution in [0.25, 0.3) is 0 Å². The molecule has 0 spiro atoms. The SMILES string of the molecule is O=C(O)CCCOc1ccc(C=P(c2ccccc2)(c2ccccc2)c2ccccc2)cc1. The Hall–Kier alpha value is -3.55. The molecule has 1 N–H and O–H groups in total. The van der Waals surface area contributed by atoms with Gasteiger partial charge in [-0.15, -0.1) is 0 Å². The number of carbonyl (C=O) groups is 1. The Kier molecular flexibility index (Phi) is 7.44. The van der Waals surface area contributed by atoms with Gasteiger partial charge in [0.1, 0.15) is 5.75 Å². The predicted octanol–water partition coefficient (Wildman–Crippen LogP) is 5.07. The summed E-state index contributed by atoms with van der Waals surface area (Å²) in [4.78, 5) is 10.7. The van der Waals surface area contributed by atoms with Crippen LogP contribution in [-0.2, 0) is 4.79 Å². The topological polar surface area (TPSA) is 46.5 Å². The van der Waals surface area contributed by atoms with Crippen molar-refractivity contribution >= 4 is 34.6 Å². The van der Waals surface area contributed by atoms with Crippen molar-refractivity contribution in [1.82, 2.24) is 0 Å². The van der Waals surface area contributed by atoms with Crippen molar-refractivity contribution in [1.29, 1.82) is 0 Å². The maximum Gasteiger partial charge on any atom is 0.303 e. The largest absolute Gasteiger partial charge is 0.494 e. The molecule has 0 aliphatic heterocycles. The van der Waals surface area contributed by atoms with E-state index in [2.05, 4.69) is 109 Å². The van der Waals surface area contributed by atoms with E-state index in [1.807, 2.05) is 12.1 Å². The Balaban J connectivity index is 1.79. The van der Waals surface area contributed by atoms with E-state index >= 15 is 0 Å². The highest BCUT2D eigenvalue weighted by Gasteiger charge is 2.24. The summed E-state index contributed by atoms with van der Waals surface area (Å²) in [6.45, 7) is -1.67. The van der Waals surface area contributed by atoms with Crippen LogP contribution >= 0.6 is 6.89 Å². The lowest BCUT2D eigenvalue weighted by Crippen LogP contribution is -2.27. The standard InChI is InChI=1S/C29H27O3P/c30-29(31)17-10-22-32-25-20-18-24(19-21-25)23-33(26-11-4-1-5-12-26,27-13-6-2-7-14-27)28-15-8-3-9-16-28/h1-9,11-16,18-21,23H,10,17,22H2,(H,30,31). The van der Waals surface area contributed by atoms with E-state index in [1.165, 1.54) is 15.9 Å². The predicted molar refractivity (Wildman–Crippen MR) is 139 cm³/mol. The average Bonchev–Trinajstić information content (AvgIpc) is 2.87. The molecule has 0 atom stereocenters. The smallest absolute Gasteiger partial charge is 0.303 e. The zero-order valence-corrected chi connectivity index (χ0v) is 19.3. The monoisotopic (exact) mass is 454 g/mol. The first-order valence-corrected chi connectivity index (χ1v) is 12.9. The van der Waals surface area contributed by atoms with Crippen LogP contribution in [0.5, 0.6) is 5.75 Å². The average molecular weight is 455 g/mol. The molecular formula is C29H27O3P. The van der Waals surface area contributed by atoms with Gasteiger partial charge in [-0.25, -0.2) is 0 Å². The minimum Gasteiger partial charge on any atom is -0.494 e. The van der Waals surface area contributed by atoms with Gasteiger partial charge in [-0.3, -0.25) is 4.79 Å². The van der Waals surface area contributed by atoms with Crippen molar-refractivity contribution in [3.8, 4) is 5.75 Å². The third-order valence-corrected chi connectivity index (χ3v) is 9.54. The Morgan fingerprint density at radius 2 is 1.15 bits per heavy atom. The van der Waals surface area contributed by atoms with Gasteiger partial charge in [-0.05, 0) is 52.7 Å². The van der Waals surface area contributed by atoms with Crippen LogP contribution in [-0.4, -0.2) is 23.5 Å². The number of hydrogen-bond donors (Lipinski definition) is 1. The second-order valence-electron chi connectivity index (χ2n) is 7.77. The van der Waals surface area contributed by atoms with Gasteiger partial charge in [0.05, 0.1) is 6.61 Å². The number of rotatable bonds is 9. The molecule has 0 saturated carbocycles. The Morgan fingerprint density at radius 1 is 0.697 bits per heavy atom. The van der Waals surface area contributed by atoms with Gasteiger partial charge in [0, 0.05) is 6.42 Å². The number of aliphatic carboxylic acids is 1. The maximum absolute atomic E-state index is 10.7. The van der Waals surface area contributed by atoms with Gasteiger partial charge in [0.15, 0.2) is 0 Å². The van der Waals surface area contributed by atoms with Gasteiger partial charge >= 0.3 is 5.97 Å². The third-order valence-electron chi connectivity index (χ3n) is 5.52. The second-order valence-corrected chi connectivity index (χ2v) is 11.0. The molecule has 4 heteroatoms. The molecule has 4 rings (SSSR count).